The number of carboxylic acids is 2. The fourth-order valence-electron chi connectivity index (χ4n) is 0.888. The molecular weight excluding hydrogens is 176 g/mol. The Labute approximate surface area is 74.7 Å². The standard InChI is InChI=1S/C8H10O5/c1-3-5(4(2)7(10)11)6(9)8(12)13/h5H,2-3H2,1H3,(H,10,11)(H,12,13). The third-order valence-electron chi connectivity index (χ3n) is 1.63. The number of carbonyl (C=O) groups excluding carboxylic acids is 1. The van der Waals surface area contributed by atoms with Gasteiger partial charge < -0.3 is 10.2 Å². The number of hydrogen-bond donors (Lipinski definition) is 2. The lowest BCUT2D eigenvalue weighted by molar-refractivity contribution is -0.151. The Bertz CT molecular complexity index is 240. The molecule has 5 heteroatoms. The van der Waals surface area contributed by atoms with Crippen LogP contribution < -0.4 is 0 Å². The van der Waals surface area contributed by atoms with Crippen LogP contribution in [0.5, 0.6) is 0 Å². The second kappa shape index (κ2) is 4.39. The van der Waals surface area contributed by atoms with E-state index >= 15 is 0 Å². The van der Waals surface area contributed by atoms with Crippen molar-refractivity contribution < 1.29 is 24.6 Å². The van der Waals surface area contributed by atoms with E-state index in [4.69, 9.17) is 10.2 Å². The molecule has 1 atom stereocenters. The zero-order chi connectivity index (χ0) is 10.6. The van der Waals surface area contributed by atoms with Crippen LogP contribution in [0.15, 0.2) is 12.2 Å². The summed E-state index contributed by atoms with van der Waals surface area (Å²) in [7, 11) is 0. The molecule has 0 aromatic rings. The summed E-state index contributed by atoms with van der Waals surface area (Å²) in [6.07, 6.45) is 0.121. The van der Waals surface area contributed by atoms with Crippen LogP contribution in [0.4, 0.5) is 0 Å². The molecule has 13 heavy (non-hydrogen) atoms. The number of hydrogen-bond acceptors (Lipinski definition) is 3. The maximum Gasteiger partial charge on any atom is 0.372 e. The molecule has 0 aliphatic heterocycles. The molecule has 0 radical (unpaired) electrons. The normalized spacial score (nSPS) is 11.8. The smallest absolute Gasteiger partial charge is 0.372 e. The predicted octanol–water partition coefficient (Wildman–Crippen LogP) is 0.307. The van der Waals surface area contributed by atoms with E-state index in [0.717, 1.165) is 0 Å². The van der Waals surface area contributed by atoms with E-state index in [1.165, 1.54) is 6.92 Å². The van der Waals surface area contributed by atoms with Crippen LogP contribution in [0.1, 0.15) is 13.3 Å². The average Bonchev–Trinajstić information content (AvgIpc) is 2.04. The molecule has 0 spiro atoms. The second-order valence-electron chi connectivity index (χ2n) is 2.46. The van der Waals surface area contributed by atoms with Crippen molar-refractivity contribution in [2.75, 3.05) is 0 Å². The Balaban J connectivity index is 4.71. The van der Waals surface area contributed by atoms with Crippen molar-refractivity contribution in [3.05, 3.63) is 12.2 Å². The first-order valence-corrected chi connectivity index (χ1v) is 3.61. The topological polar surface area (TPSA) is 91.7 Å². The summed E-state index contributed by atoms with van der Waals surface area (Å²) in [6, 6.07) is 0. The van der Waals surface area contributed by atoms with Gasteiger partial charge in [0.15, 0.2) is 0 Å². The highest BCUT2D eigenvalue weighted by molar-refractivity contribution is 6.35. The minimum absolute atomic E-state index is 0.121. The number of aliphatic carboxylic acids is 2. The Hall–Kier alpha value is -1.65. The third kappa shape index (κ3) is 2.70. The molecule has 0 aliphatic rings. The molecule has 0 fully saturated rings. The van der Waals surface area contributed by atoms with E-state index in [0.29, 0.717) is 0 Å². The highest BCUT2D eigenvalue weighted by Crippen LogP contribution is 2.14. The Morgan fingerprint density at radius 1 is 1.23 bits per heavy atom. The average molecular weight is 186 g/mol. The first-order chi connectivity index (χ1) is 5.91. The molecule has 0 rings (SSSR count). The van der Waals surface area contributed by atoms with E-state index in [1.54, 1.807) is 0 Å². The lowest BCUT2D eigenvalue weighted by Gasteiger charge is -2.09. The largest absolute Gasteiger partial charge is 0.478 e. The first-order valence-electron chi connectivity index (χ1n) is 3.61. The molecule has 0 aliphatic carbocycles. The fourth-order valence-corrected chi connectivity index (χ4v) is 0.888. The summed E-state index contributed by atoms with van der Waals surface area (Å²) >= 11 is 0. The Morgan fingerprint density at radius 2 is 1.69 bits per heavy atom. The van der Waals surface area contributed by atoms with E-state index in [9.17, 15) is 14.4 Å². The molecule has 0 bridgehead atoms. The van der Waals surface area contributed by atoms with Gasteiger partial charge in [0.2, 0.25) is 5.78 Å². The minimum Gasteiger partial charge on any atom is -0.478 e. The minimum atomic E-state index is -1.63. The van der Waals surface area contributed by atoms with Crippen LogP contribution in [-0.2, 0) is 14.4 Å². The monoisotopic (exact) mass is 186 g/mol. The van der Waals surface area contributed by atoms with E-state index in [-0.39, 0.29) is 12.0 Å². The van der Waals surface area contributed by atoms with Crippen molar-refractivity contribution in [1.29, 1.82) is 0 Å². The van der Waals surface area contributed by atoms with Gasteiger partial charge >= 0.3 is 11.9 Å². The quantitative estimate of drug-likeness (QED) is 0.476. The van der Waals surface area contributed by atoms with Crippen molar-refractivity contribution in [3.8, 4) is 0 Å². The summed E-state index contributed by atoms with van der Waals surface area (Å²) in [5, 5.41) is 16.8. The van der Waals surface area contributed by atoms with Gasteiger partial charge in [-0.25, -0.2) is 9.59 Å². The first kappa shape index (κ1) is 11.4. The predicted molar refractivity (Wildman–Crippen MR) is 43.2 cm³/mol. The van der Waals surface area contributed by atoms with Crippen molar-refractivity contribution in [3.63, 3.8) is 0 Å². The maximum absolute atomic E-state index is 10.9. The molecule has 0 amide bonds. The summed E-state index contributed by atoms with van der Waals surface area (Å²) in [5.74, 6) is -5.24. The third-order valence-corrected chi connectivity index (χ3v) is 1.63. The van der Waals surface area contributed by atoms with Gasteiger partial charge in [0, 0.05) is 5.57 Å². The molecular formula is C8H10O5. The fraction of sp³-hybridized carbons (Fsp3) is 0.375. The van der Waals surface area contributed by atoms with Gasteiger partial charge in [-0.2, -0.15) is 0 Å². The van der Waals surface area contributed by atoms with Gasteiger partial charge in [-0.15, -0.1) is 0 Å². The number of carboxylic acid groups (broad SMARTS) is 2. The lowest BCUT2D eigenvalue weighted by atomic mass is 9.93. The summed E-state index contributed by atoms with van der Waals surface area (Å²) in [6.45, 7) is 4.67. The zero-order valence-corrected chi connectivity index (χ0v) is 7.11. The van der Waals surface area contributed by atoms with Gasteiger partial charge in [-0.3, -0.25) is 4.79 Å². The van der Waals surface area contributed by atoms with Crippen LogP contribution in [0.3, 0.4) is 0 Å². The zero-order valence-electron chi connectivity index (χ0n) is 7.11. The van der Waals surface area contributed by atoms with Gasteiger partial charge in [0.05, 0.1) is 5.92 Å². The molecule has 1 unspecified atom stereocenters. The van der Waals surface area contributed by atoms with E-state index in [2.05, 4.69) is 6.58 Å². The van der Waals surface area contributed by atoms with Crippen molar-refractivity contribution in [2.45, 2.75) is 13.3 Å². The molecule has 0 aromatic carbocycles. The molecule has 0 saturated heterocycles. The summed E-state index contributed by atoms with van der Waals surface area (Å²) in [4.78, 5) is 31.5. The van der Waals surface area contributed by atoms with Crippen molar-refractivity contribution in [1.82, 2.24) is 0 Å². The SMILES string of the molecule is C=C(C(=O)O)C(CC)C(=O)C(=O)O. The highest BCUT2D eigenvalue weighted by Gasteiger charge is 2.28. The number of Topliss-reactive ketones (excluding diaryl/α,β-unsaturated/α-hetero) is 1. The van der Waals surface area contributed by atoms with Crippen LogP contribution in [0.25, 0.3) is 0 Å². The van der Waals surface area contributed by atoms with Crippen molar-refractivity contribution >= 4 is 17.7 Å². The van der Waals surface area contributed by atoms with Crippen molar-refractivity contribution in [2.24, 2.45) is 5.92 Å². The number of ketones is 1. The lowest BCUT2D eigenvalue weighted by Crippen LogP contribution is -2.26. The van der Waals surface area contributed by atoms with Crippen LogP contribution in [0.2, 0.25) is 0 Å². The molecule has 72 valence electrons. The van der Waals surface area contributed by atoms with Gasteiger partial charge in [0.1, 0.15) is 0 Å². The number of carbonyl (C=O) groups is 3. The van der Waals surface area contributed by atoms with Crippen LogP contribution in [0, 0.1) is 5.92 Å². The van der Waals surface area contributed by atoms with Crippen LogP contribution >= 0.6 is 0 Å². The van der Waals surface area contributed by atoms with Gasteiger partial charge in [-0.1, -0.05) is 13.5 Å². The summed E-state index contributed by atoms with van der Waals surface area (Å²) < 4.78 is 0. The molecule has 0 heterocycles. The van der Waals surface area contributed by atoms with Gasteiger partial charge in [-0.05, 0) is 6.42 Å². The highest BCUT2D eigenvalue weighted by atomic mass is 16.4. The molecule has 0 saturated carbocycles. The van der Waals surface area contributed by atoms with Gasteiger partial charge in [0.25, 0.3) is 0 Å². The maximum atomic E-state index is 10.9. The number of rotatable bonds is 5. The molecule has 5 nitrogen and oxygen atoms in total. The Kier molecular flexibility index (Phi) is 3.84. The second-order valence-corrected chi connectivity index (χ2v) is 2.46. The summed E-state index contributed by atoms with van der Waals surface area (Å²) in [5.41, 5.74) is -0.380. The van der Waals surface area contributed by atoms with Crippen LogP contribution in [-0.4, -0.2) is 27.9 Å². The molecule has 2 N–H and O–H groups in total. The molecule has 0 aromatic heterocycles. The van der Waals surface area contributed by atoms with E-state index in [1.807, 2.05) is 0 Å². The van der Waals surface area contributed by atoms with E-state index < -0.39 is 23.6 Å². The Morgan fingerprint density at radius 3 is 1.92 bits per heavy atom.